The van der Waals surface area contributed by atoms with Crippen LogP contribution in [0.4, 0.5) is 18.9 Å². The van der Waals surface area contributed by atoms with Crippen LogP contribution < -0.4 is 4.90 Å². The van der Waals surface area contributed by atoms with Crippen molar-refractivity contribution in [2.75, 3.05) is 4.90 Å². The summed E-state index contributed by atoms with van der Waals surface area (Å²) in [5.41, 5.74) is -3.33. The van der Waals surface area contributed by atoms with Gasteiger partial charge in [0, 0.05) is 13.8 Å². The molecular formula is C20H15ClF3NO7. The Hall–Kier alpha value is -2.92. The topological polar surface area (TPSA) is 99.2 Å². The molecule has 12 heteroatoms. The zero-order valence-electron chi connectivity index (χ0n) is 16.5. The Kier molecular flexibility index (Phi) is 5.09. The maximum atomic E-state index is 13.3. The van der Waals surface area contributed by atoms with Crippen molar-refractivity contribution in [1.29, 1.82) is 0 Å². The minimum absolute atomic E-state index is 0.322. The number of fused-ring (bicyclic) bond motifs is 5. The van der Waals surface area contributed by atoms with Gasteiger partial charge in [0.05, 0.1) is 34.2 Å². The van der Waals surface area contributed by atoms with Gasteiger partial charge in [0.25, 0.3) is 6.29 Å². The lowest BCUT2D eigenvalue weighted by molar-refractivity contribution is -0.226. The van der Waals surface area contributed by atoms with Crippen LogP contribution in [-0.4, -0.2) is 41.7 Å². The Balaban J connectivity index is 1.76. The molecule has 0 unspecified atom stereocenters. The van der Waals surface area contributed by atoms with E-state index in [1.54, 1.807) is 0 Å². The fraction of sp³-hybridized carbons (Fsp3) is 0.400. The summed E-state index contributed by atoms with van der Waals surface area (Å²) in [7, 11) is 0. The first-order valence-corrected chi connectivity index (χ1v) is 9.71. The van der Waals surface area contributed by atoms with E-state index < -0.39 is 70.3 Å². The van der Waals surface area contributed by atoms with E-state index in [2.05, 4.69) is 0 Å². The van der Waals surface area contributed by atoms with Gasteiger partial charge in [-0.1, -0.05) is 17.7 Å². The van der Waals surface area contributed by atoms with Gasteiger partial charge >= 0.3 is 18.1 Å². The van der Waals surface area contributed by atoms with E-state index in [4.69, 9.17) is 25.8 Å². The lowest BCUT2D eigenvalue weighted by Crippen LogP contribution is -2.52. The van der Waals surface area contributed by atoms with E-state index >= 15 is 0 Å². The largest absolute Gasteiger partial charge is 0.422 e. The van der Waals surface area contributed by atoms with E-state index in [1.807, 2.05) is 0 Å². The van der Waals surface area contributed by atoms with Crippen LogP contribution in [0.25, 0.3) is 0 Å². The maximum absolute atomic E-state index is 13.3. The highest BCUT2D eigenvalue weighted by Crippen LogP contribution is 2.55. The molecule has 1 aromatic carbocycles. The summed E-state index contributed by atoms with van der Waals surface area (Å²) >= 11 is 5.64. The monoisotopic (exact) mass is 473 g/mol. The van der Waals surface area contributed by atoms with Crippen molar-refractivity contribution in [1.82, 2.24) is 0 Å². The van der Waals surface area contributed by atoms with Crippen LogP contribution in [0.15, 0.2) is 30.4 Å². The van der Waals surface area contributed by atoms with Crippen molar-refractivity contribution in [3.63, 3.8) is 0 Å². The first-order valence-electron chi connectivity index (χ1n) is 9.33. The number of amides is 2. The summed E-state index contributed by atoms with van der Waals surface area (Å²) in [4.78, 5) is 50.2. The van der Waals surface area contributed by atoms with Crippen LogP contribution >= 0.6 is 11.6 Å². The zero-order chi connectivity index (χ0) is 23.6. The van der Waals surface area contributed by atoms with Crippen LogP contribution in [0.2, 0.25) is 5.02 Å². The second-order valence-corrected chi connectivity index (χ2v) is 7.93. The van der Waals surface area contributed by atoms with Crippen molar-refractivity contribution in [2.45, 2.75) is 38.0 Å². The van der Waals surface area contributed by atoms with Crippen LogP contribution in [0.5, 0.6) is 0 Å². The minimum Gasteiger partial charge on any atom is -0.422 e. The number of hydrogen-bond donors (Lipinski definition) is 0. The molecular weight excluding hydrogens is 459 g/mol. The molecule has 3 aliphatic rings. The van der Waals surface area contributed by atoms with Crippen LogP contribution in [-0.2, 0) is 39.6 Å². The Labute approximate surface area is 183 Å². The van der Waals surface area contributed by atoms with E-state index in [1.165, 1.54) is 12.2 Å². The van der Waals surface area contributed by atoms with E-state index in [-0.39, 0.29) is 5.69 Å². The van der Waals surface area contributed by atoms with Gasteiger partial charge in [-0.3, -0.25) is 19.2 Å². The fourth-order valence-corrected chi connectivity index (χ4v) is 4.57. The lowest BCUT2D eigenvalue weighted by atomic mass is 9.76. The number of benzene rings is 1. The molecule has 0 aliphatic carbocycles. The first kappa shape index (κ1) is 22.3. The molecule has 2 bridgehead atoms. The summed E-state index contributed by atoms with van der Waals surface area (Å²) in [6, 6.07) is 2.67. The smallest absolute Gasteiger partial charge is 0.417 e. The summed E-state index contributed by atoms with van der Waals surface area (Å²) in [6.45, 7) is 2.10. The van der Waals surface area contributed by atoms with Crippen molar-refractivity contribution in [3.8, 4) is 0 Å². The molecule has 0 saturated carbocycles. The molecule has 2 saturated heterocycles. The second kappa shape index (κ2) is 7.31. The van der Waals surface area contributed by atoms with Crippen molar-refractivity contribution in [2.24, 2.45) is 11.8 Å². The standard InChI is InChI=1S/C20H15ClF3NO7/c1-8(26)30-18(31-9(2)27)19-6-5-13(32-19)14-15(19)17(29)25(16(14)28)10-3-4-12(21)11(7-10)20(22,23)24/h3-7,13-15,18H,1-2H3/t13-,14-,15+,19+/m0/s1. The molecule has 3 aliphatic heterocycles. The number of ether oxygens (including phenoxy) is 3. The zero-order valence-corrected chi connectivity index (χ0v) is 17.3. The first-order chi connectivity index (χ1) is 14.9. The van der Waals surface area contributed by atoms with Crippen molar-refractivity contribution >= 4 is 41.0 Å². The number of carbonyl (C=O) groups is 4. The number of halogens is 4. The molecule has 3 heterocycles. The average Bonchev–Trinajstić information content (AvgIpc) is 3.32. The lowest BCUT2D eigenvalue weighted by Gasteiger charge is -2.34. The number of esters is 2. The molecule has 0 N–H and O–H groups in total. The Bertz CT molecular complexity index is 1060. The summed E-state index contributed by atoms with van der Waals surface area (Å²) in [5, 5.41) is -0.591. The Morgan fingerprint density at radius 2 is 1.78 bits per heavy atom. The Morgan fingerprint density at radius 1 is 1.16 bits per heavy atom. The van der Waals surface area contributed by atoms with E-state index in [0.29, 0.717) is 11.0 Å². The molecule has 0 aromatic heterocycles. The van der Waals surface area contributed by atoms with Gasteiger partial charge in [-0.05, 0) is 24.3 Å². The number of imide groups is 1. The van der Waals surface area contributed by atoms with Gasteiger partial charge in [0.2, 0.25) is 11.8 Å². The normalized spacial score (nSPS) is 28.5. The Morgan fingerprint density at radius 3 is 2.34 bits per heavy atom. The van der Waals surface area contributed by atoms with E-state index in [9.17, 15) is 32.3 Å². The number of rotatable bonds is 4. The molecule has 32 heavy (non-hydrogen) atoms. The molecule has 170 valence electrons. The molecule has 8 nitrogen and oxygen atoms in total. The quantitative estimate of drug-likeness (QED) is 0.287. The average molecular weight is 474 g/mol. The number of hydrogen-bond acceptors (Lipinski definition) is 7. The van der Waals surface area contributed by atoms with Crippen LogP contribution in [0.1, 0.15) is 19.4 Å². The molecule has 1 aromatic rings. The number of carbonyl (C=O) groups excluding carboxylic acids is 4. The summed E-state index contributed by atoms with van der Waals surface area (Å²) in [6.07, 6.45) is -4.59. The highest BCUT2D eigenvalue weighted by atomic mass is 35.5. The highest BCUT2D eigenvalue weighted by molar-refractivity contribution is 6.31. The van der Waals surface area contributed by atoms with Crippen LogP contribution in [0.3, 0.4) is 0 Å². The predicted octanol–water partition coefficient (Wildman–Crippen LogP) is 2.62. The highest BCUT2D eigenvalue weighted by Gasteiger charge is 2.72. The van der Waals surface area contributed by atoms with Gasteiger partial charge in [-0.15, -0.1) is 0 Å². The third kappa shape index (κ3) is 3.27. The summed E-state index contributed by atoms with van der Waals surface area (Å²) < 4.78 is 55.8. The van der Waals surface area contributed by atoms with Crippen LogP contribution in [0, 0.1) is 11.8 Å². The van der Waals surface area contributed by atoms with Crippen molar-refractivity contribution in [3.05, 3.63) is 40.9 Å². The summed E-state index contributed by atoms with van der Waals surface area (Å²) in [5.74, 6) is -5.75. The van der Waals surface area contributed by atoms with Gasteiger partial charge in [-0.2, -0.15) is 13.2 Å². The molecule has 2 fully saturated rings. The molecule has 0 radical (unpaired) electrons. The van der Waals surface area contributed by atoms with Gasteiger partial charge < -0.3 is 14.2 Å². The number of anilines is 1. The molecule has 4 atom stereocenters. The SMILES string of the molecule is CC(=O)OC(OC(C)=O)[C@]12C=C[C@H](O1)[C@@H]1C(=O)N(c3ccc(Cl)c(C(F)(F)F)c3)C(=O)[C@@H]12. The fourth-order valence-electron chi connectivity index (χ4n) is 4.34. The maximum Gasteiger partial charge on any atom is 0.417 e. The second-order valence-electron chi connectivity index (χ2n) is 7.52. The molecule has 4 rings (SSSR count). The van der Waals surface area contributed by atoms with Gasteiger partial charge in [-0.25, -0.2) is 4.90 Å². The minimum atomic E-state index is -4.81. The third-order valence-corrected chi connectivity index (χ3v) is 5.84. The van der Waals surface area contributed by atoms with Gasteiger partial charge in [0.15, 0.2) is 5.60 Å². The van der Waals surface area contributed by atoms with E-state index in [0.717, 1.165) is 26.0 Å². The molecule has 2 amide bonds. The van der Waals surface area contributed by atoms with Crippen molar-refractivity contribution < 1.29 is 46.6 Å². The van der Waals surface area contributed by atoms with Gasteiger partial charge in [0.1, 0.15) is 0 Å². The third-order valence-electron chi connectivity index (χ3n) is 5.51. The predicted molar refractivity (Wildman–Crippen MR) is 100.0 cm³/mol. The molecule has 0 spiro atoms. The number of alkyl halides is 3. The number of nitrogens with zero attached hydrogens (tertiary/aromatic N) is 1.